The molecule has 0 saturated carbocycles. The molecule has 0 saturated heterocycles. The van der Waals surface area contributed by atoms with E-state index in [2.05, 4.69) is 128 Å². The van der Waals surface area contributed by atoms with Crippen LogP contribution in [0.25, 0.3) is 22.5 Å². The van der Waals surface area contributed by atoms with Gasteiger partial charge in [0.1, 0.15) is 0 Å². The minimum absolute atomic E-state index is 0.198. The van der Waals surface area contributed by atoms with Crippen molar-refractivity contribution in [2.24, 2.45) is 0 Å². The molecule has 0 fully saturated rings. The van der Waals surface area contributed by atoms with Gasteiger partial charge in [0.2, 0.25) is 0 Å². The van der Waals surface area contributed by atoms with Crippen molar-refractivity contribution in [3.63, 3.8) is 0 Å². The van der Waals surface area contributed by atoms with Crippen LogP contribution < -0.4 is 4.90 Å². The summed E-state index contributed by atoms with van der Waals surface area (Å²) in [6.07, 6.45) is 0. The molecule has 7 aromatic rings. The van der Waals surface area contributed by atoms with Crippen LogP contribution in [0.4, 0.5) is 17.3 Å². The lowest BCUT2D eigenvalue weighted by molar-refractivity contribution is 0.830. The molecule has 212 valence electrons. The van der Waals surface area contributed by atoms with E-state index in [1.54, 1.807) is 0 Å². The monoisotopic (exact) mass is 569 g/mol. The average Bonchev–Trinajstić information content (AvgIpc) is 3.75. The van der Waals surface area contributed by atoms with Gasteiger partial charge >= 0.3 is 0 Å². The van der Waals surface area contributed by atoms with Gasteiger partial charge in [-0.2, -0.15) is 0 Å². The Labute approximate surface area is 257 Å². The second-order valence-electron chi connectivity index (χ2n) is 11.3. The zero-order valence-corrected chi connectivity index (χ0v) is 24.7. The normalized spacial score (nSPS) is 12.2. The molecular formula is C39H31N5. The first kappa shape index (κ1) is 26.0. The van der Waals surface area contributed by atoms with Crippen LogP contribution >= 0.6 is 0 Å². The topological polar surface area (TPSA) is 38.9 Å². The predicted molar refractivity (Wildman–Crippen MR) is 178 cm³/mol. The molecule has 0 aliphatic heterocycles. The molecule has 0 N–H and O–H groups in total. The number of rotatable bonds is 6. The first-order valence-electron chi connectivity index (χ1n) is 15.0. The molecule has 0 spiro atoms. The van der Waals surface area contributed by atoms with Crippen LogP contribution in [0.1, 0.15) is 34.0 Å². The Morgan fingerprint density at radius 2 is 0.932 bits per heavy atom. The fourth-order valence-corrected chi connectivity index (χ4v) is 6.51. The zero-order chi connectivity index (χ0) is 29.6. The van der Waals surface area contributed by atoms with Gasteiger partial charge in [-0.1, -0.05) is 97.1 Å². The first-order valence-corrected chi connectivity index (χ1v) is 15.0. The lowest BCUT2D eigenvalue weighted by atomic mass is 9.89. The largest absolute Gasteiger partial charge is 0.276 e. The molecule has 0 radical (unpaired) electrons. The van der Waals surface area contributed by atoms with Crippen molar-refractivity contribution in [1.82, 2.24) is 19.6 Å². The summed E-state index contributed by atoms with van der Waals surface area (Å²) in [6, 6.07) is 51.2. The van der Waals surface area contributed by atoms with E-state index >= 15 is 0 Å². The Bertz CT molecular complexity index is 1960. The number of fused-ring (bicyclic) bond motifs is 3. The molecule has 0 bridgehead atoms. The van der Waals surface area contributed by atoms with Crippen LogP contribution in [-0.2, 0) is 0 Å². The number of para-hydroxylation sites is 2. The van der Waals surface area contributed by atoms with Crippen molar-refractivity contribution in [2.75, 3.05) is 4.90 Å². The van der Waals surface area contributed by atoms with Crippen molar-refractivity contribution < 1.29 is 0 Å². The van der Waals surface area contributed by atoms with Crippen molar-refractivity contribution >= 4 is 17.3 Å². The second-order valence-corrected chi connectivity index (χ2v) is 11.3. The summed E-state index contributed by atoms with van der Waals surface area (Å²) in [5, 5.41) is 10.2. The predicted octanol–water partition coefficient (Wildman–Crippen LogP) is 9.31. The highest BCUT2D eigenvalue weighted by molar-refractivity contribution is 5.81. The van der Waals surface area contributed by atoms with E-state index in [0.29, 0.717) is 0 Å². The number of hydrogen-bond donors (Lipinski definition) is 0. The van der Waals surface area contributed by atoms with Crippen molar-refractivity contribution in [3.8, 4) is 22.5 Å². The molecule has 2 heterocycles. The van der Waals surface area contributed by atoms with Gasteiger partial charge in [0.05, 0.1) is 11.4 Å². The van der Waals surface area contributed by atoms with Crippen molar-refractivity contribution in [3.05, 3.63) is 174 Å². The standard InChI is InChI=1S/C39H31N5/c1-27-25-37(40-43(27)31-13-5-3-6-14-31)42(38-26-28(2)44(41-38)32-15-7-4-8-16-32)30-23-21-29(22-24-30)39-35-19-11-9-17-33(35)34-18-10-12-20-36(34)39/h3-26,39H,1-2H3. The Hall–Kier alpha value is -5.68. The Morgan fingerprint density at radius 3 is 1.41 bits per heavy atom. The Morgan fingerprint density at radius 1 is 0.500 bits per heavy atom. The number of hydrogen-bond acceptors (Lipinski definition) is 3. The molecule has 5 nitrogen and oxygen atoms in total. The number of benzene rings is 5. The summed E-state index contributed by atoms with van der Waals surface area (Å²) in [4.78, 5) is 2.15. The summed E-state index contributed by atoms with van der Waals surface area (Å²) >= 11 is 0. The molecule has 0 amide bonds. The summed E-state index contributed by atoms with van der Waals surface area (Å²) in [7, 11) is 0. The third kappa shape index (κ3) is 4.33. The number of aromatic nitrogens is 4. The minimum Gasteiger partial charge on any atom is -0.276 e. The third-order valence-electron chi connectivity index (χ3n) is 8.53. The van der Waals surface area contributed by atoms with E-state index in [0.717, 1.165) is 40.1 Å². The lowest BCUT2D eigenvalue weighted by Gasteiger charge is -2.21. The lowest BCUT2D eigenvalue weighted by Crippen LogP contribution is -2.13. The summed E-state index contributed by atoms with van der Waals surface area (Å²) in [5.41, 5.74) is 11.8. The van der Waals surface area contributed by atoms with Crippen LogP contribution in [-0.4, -0.2) is 19.6 Å². The van der Waals surface area contributed by atoms with Crippen LogP contribution in [0.15, 0.2) is 146 Å². The van der Waals surface area contributed by atoms with Crippen LogP contribution in [0.2, 0.25) is 0 Å². The molecule has 8 rings (SSSR count). The first-order chi connectivity index (χ1) is 21.7. The van der Waals surface area contributed by atoms with Gasteiger partial charge in [-0.3, -0.25) is 4.90 Å². The van der Waals surface area contributed by atoms with Crippen LogP contribution in [0.5, 0.6) is 0 Å². The van der Waals surface area contributed by atoms with Crippen LogP contribution in [0, 0.1) is 13.8 Å². The quantitative estimate of drug-likeness (QED) is 0.200. The SMILES string of the molecule is Cc1cc(N(c2ccc(C3c4ccccc4-c4ccccc43)cc2)c2cc(C)n(-c3ccccc3)n2)nn1-c1ccccc1. The number of nitrogens with zero attached hydrogens (tertiary/aromatic N) is 5. The molecular weight excluding hydrogens is 538 g/mol. The van der Waals surface area contributed by atoms with Gasteiger partial charge in [0, 0.05) is 35.1 Å². The van der Waals surface area contributed by atoms with Gasteiger partial charge in [-0.05, 0) is 78.1 Å². The maximum Gasteiger partial charge on any atom is 0.161 e. The smallest absolute Gasteiger partial charge is 0.161 e. The molecule has 0 atom stereocenters. The van der Waals surface area contributed by atoms with E-state index in [9.17, 15) is 0 Å². The fourth-order valence-electron chi connectivity index (χ4n) is 6.51. The molecule has 44 heavy (non-hydrogen) atoms. The van der Waals surface area contributed by atoms with Crippen LogP contribution in [0.3, 0.4) is 0 Å². The Balaban J connectivity index is 1.24. The van der Waals surface area contributed by atoms with Gasteiger partial charge in [0.15, 0.2) is 11.6 Å². The molecule has 0 unspecified atom stereocenters. The van der Waals surface area contributed by atoms with E-state index in [-0.39, 0.29) is 5.92 Å². The fraction of sp³-hybridized carbons (Fsp3) is 0.0769. The maximum atomic E-state index is 5.10. The second kappa shape index (κ2) is 10.5. The van der Waals surface area contributed by atoms with E-state index in [1.807, 2.05) is 45.8 Å². The van der Waals surface area contributed by atoms with E-state index in [4.69, 9.17) is 10.2 Å². The third-order valence-corrected chi connectivity index (χ3v) is 8.53. The van der Waals surface area contributed by atoms with Crippen molar-refractivity contribution in [1.29, 1.82) is 0 Å². The molecule has 2 aromatic heterocycles. The van der Waals surface area contributed by atoms with Crippen molar-refractivity contribution in [2.45, 2.75) is 19.8 Å². The number of anilines is 3. The minimum atomic E-state index is 0.198. The average molecular weight is 570 g/mol. The molecule has 5 aromatic carbocycles. The summed E-state index contributed by atoms with van der Waals surface area (Å²) < 4.78 is 3.98. The zero-order valence-electron chi connectivity index (χ0n) is 24.7. The molecule has 1 aliphatic rings. The van der Waals surface area contributed by atoms with E-state index < -0.39 is 0 Å². The number of aryl methyl sites for hydroxylation is 2. The summed E-state index contributed by atoms with van der Waals surface area (Å²) in [5.74, 6) is 1.82. The van der Waals surface area contributed by atoms with E-state index in [1.165, 1.54) is 27.8 Å². The highest BCUT2D eigenvalue weighted by Gasteiger charge is 2.29. The molecule has 1 aliphatic carbocycles. The van der Waals surface area contributed by atoms with Gasteiger partial charge in [-0.15, -0.1) is 10.2 Å². The van der Waals surface area contributed by atoms with Gasteiger partial charge in [-0.25, -0.2) is 9.36 Å². The van der Waals surface area contributed by atoms with Gasteiger partial charge in [0.25, 0.3) is 0 Å². The molecule has 5 heteroatoms. The summed E-state index contributed by atoms with van der Waals surface area (Å²) in [6.45, 7) is 4.18. The van der Waals surface area contributed by atoms with Gasteiger partial charge < -0.3 is 0 Å². The Kier molecular flexibility index (Phi) is 6.23. The maximum absolute atomic E-state index is 5.10. The highest BCUT2D eigenvalue weighted by Crippen LogP contribution is 2.48. The highest BCUT2D eigenvalue weighted by atomic mass is 15.4.